The minimum atomic E-state index is -2.17. The predicted octanol–water partition coefficient (Wildman–Crippen LogP) is 8.28. The van der Waals surface area contributed by atoms with Crippen molar-refractivity contribution < 1.29 is 32.6 Å². The monoisotopic (exact) mass is 598 g/mol. The van der Waals surface area contributed by atoms with E-state index in [9.17, 15) is 4.79 Å². The second-order valence-corrected chi connectivity index (χ2v) is 19.2. The summed E-state index contributed by atoms with van der Waals surface area (Å²) >= 11 is 0. The van der Waals surface area contributed by atoms with Crippen molar-refractivity contribution >= 4 is 14.3 Å². The van der Waals surface area contributed by atoms with E-state index in [1.807, 2.05) is 27.7 Å². The lowest BCUT2D eigenvalue weighted by Crippen LogP contribution is -2.50. The molecule has 0 aliphatic rings. The summed E-state index contributed by atoms with van der Waals surface area (Å²) in [6.45, 7) is 31.4. The van der Waals surface area contributed by atoms with Crippen LogP contribution in [0.25, 0.3) is 0 Å². The van der Waals surface area contributed by atoms with E-state index in [0.29, 0.717) is 19.8 Å². The van der Waals surface area contributed by atoms with Gasteiger partial charge in [0, 0.05) is 18.9 Å². The lowest BCUT2D eigenvalue weighted by molar-refractivity contribution is -0.162. The number of methoxy groups -OCH3 is 1. The van der Waals surface area contributed by atoms with Gasteiger partial charge in [-0.2, -0.15) is 0 Å². The van der Waals surface area contributed by atoms with Gasteiger partial charge in [-0.3, -0.25) is 4.79 Å². The number of carbonyl (C=O) groups is 1. The Hall–Kier alpha value is -1.19. The van der Waals surface area contributed by atoms with E-state index in [4.69, 9.17) is 27.8 Å². The molecule has 41 heavy (non-hydrogen) atoms. The lowest BCUT2D eigenvalue weighted by atomic mass is 9.77. The van der Waals surface area contributed by atoms with Gasteiger partial charge in [0.05, 0.1) is 37.4 Å². The Morgan fingerprint density at radius 2 is 1.59 bits per heavy atom. The van der Waals surface area contributed by atoms with Crippen molar-refractivity contribution in [1.29, 1.82) is 0 Å². The van der Waals surface area contributed by atoms with Crippen LogP contribution in [0.2, 0.25) is 18.1 Å². The number of carbonyl (C=O) groups excluding carboxylic acids is 1. The molecule has 0 saturated heterocycles. The third-order valence-corrected chi connectivity index (χ3v) is 13.3. The highest BCUT2D eigenvalue weighted by Crippen LogP contribution is 2.43. The molecule has 1 aromatic heterocycles. The fraction of sp³-hybridized carbons (Fsp3) is 0.848. The SMILES string of the molecule is CC[C@@H](COC(=O)C(C)(C)C)[C@@H](C)[C@H](OCOCCOC)[C@@H](C)[C@H](O[Si](C)(C)C(C)(C)C)[C@@H](C)c1oc(C)cc1C. The van der Waals surface area contributed by atoms with E-state index >= 15 is 0 Å². The third-order valence-electron chi connectivity index (χ3n) is 8.86. The number of esters is 1. The quantitative estimate of drug-likeness (QED) is 0.0773. The van der Waals surface area contributed by atoms with Crippen molar-refractivity contribution in [2.45, 2.75) is 126 Å². The molecule has 1 heterocycles. The van der Waals surface area contributed by atoms with Crippen LogP contribution in [0, 0.1) is 37.0 Å². The Morgan fingerprint density at radius 1 is 0.976 bits per heavy atom. The average Bonchev–Trinajstić information content (AvgIpc) is 3.20. The highest BCUT2D eigenvalue weighted by molar-refractivity contribution is 6.74. The van der Waals surface area contributed by atoms with Crippen molar-refractivity contribution in [3.05, 3.63) is 23.2 Å². The van der Waals surface area contributed by atoms with Crippen LogP contribution in [0.4, 0.5) is 0 Å². The van der Waals surface area contributed by atoms with Gasteiger partial charge in [0.2, 0.25) is 0 Å². The molecule has 240 valence electrons. The molecular formula is C33H62O7Si. The molecule has 7 nitrogen and oxygen atoms in total. The second-order valence-electron chi connectivity index (χ2n) is 14.4. The topological polar surface area (TPSA) is 76.4 Å². The first kappa shape index (κ1) is 37.8. The molecule has 0 bridgehead atoms. The molecule has 0 saturated carbocycles. The van der Waals surface area contributed by atoms with E-state index in [-0.39, 0.29) is 53.7 Å². The summed E-state index contributed by atoms with van der Waals surface area (Å²) in [4.78, 5) is 12.6. The van der Waals surface area contributed by atoms with Gasteiger partial charge in [-0.05, 0) is 82.6 Å². The lowest BCUT2D eigenvalue weighted by Gasteiger charge is -2.45. The Balaban J connectivity index is 3.46. The van der Waals surface area contributed by atoms with Gasteiger partial charge in [-0.25, -0.2) is 0 Å². The molecule has 0 aliphatic carbocycles. The number of hydrogen-bond donors (Lipinski definition) is 0. The summed E-state index contributed by atoms with van der Waals surface area (Å²) in [7, 11) is -0.510. The maximum atomic E-state index is 12.6. The molecule has 6 atom stereocenters. The number of rotatable bonds is 17. The van der Waals surface area contributed by atoms with Crippen LogP contribution in [-0.4, -0.2) is 60.2 Å². The van der Waals surface area contributed by atoms with E-state index in [1.165, 1.54) is 0 Å². The minimum Gasteiger partial charge on any atom is -0.466 e. The Morgan fingerprint density at radius 3 is 2.05 bits per heavy atom. The Kier molecular flexibility index (Phi) is 14.8. The maximum absolute atomic E-state index is 12.6. The smallest absolute Gasteiger partial charge is 0.311 e. The Labute approximate surface area is 252 Å². The number of furan rings is 1. The molecule has 8 heteroatoms. The normalized spacial score (nSPS) is 17.5. The molecular weight excluding hydrogens is 536 g/mol. The molecule has 0 spiro atoms. The van der Waals surface area contributed by atoms with Gasteiger partial charge in [-0.15, -0.1) is 0 Å². The maximum Gasteiger partial charge on any atom is 0.311 e. The van der Waals surface area contributed by atoms with Gasteiger partial charge in [-0.1, -0.05) is 48.5 Å². The van der Waals surface area contributed by atoms with Gasteiger partial charge < -0.3 is 27.8 Å². The van der Waals surface area contributed by atoms with Crippen molar-refractivity contribution in [2.75, 3.05) is 33.7 Å². The summed E-state index contributed by atoms with van der Waals surface area (Å²) in [6.07, 6.45) is 0.501. The second kappa shape index (κ2) is 16.0. The van der Waals surface area contributed by atoms with E-state index in [2.05, 4.69) is 74.6 Å². The molecule has 0 aliphatic heterocycles. The largest absolute Gasteiger partial charge is 0.466 e. The Bertz CT molecular complexity index is 912. The number of ether oxygens (including phenoxy) is 4. The zero-order valence-electron chi connectivity index (χ0n) is 28.9. The summed E-state index contributed by atoms with van der Waals surface area (Å²) in [5.74, 6) is 1.88. The van der Waals surface area contributed by atoms with Crippen LogP contribution >= 0.6 is 0 Å². The highest BCUT2D eigenvalue weighted by atomic mass is 28.4. The molecule has 0 unspecified atom stereocenters. The van der Waals surface area contributed by atoms with Crippen molar-refractivity contribution in [3.63, 3.8) is 0 Å². The van der Waals surface area contributed by atoms with Crippen LogP contribution in [0.5, 0.6) is 0 Å². The van der Waals surface area contributed by atoms with Crippen LogP contribution in [0.3, 0.4) is 0 Å². The summed E-state index contributed by atoms with van der Waals surface area (Å²) in [6, 6.07) is 2.09. The first-order valence-electron chi connectivity index (χ1n) is 15.4. The summed E-state index contributed by atoms with van der Waals surface area (Å²) in [5.41, 5.74) is 0.594. The number of aryl methyl sites for hydroxylation is 2. The fourth-order valence-corrected chi connectivity index (χ4v) is 6.50. The first-order valence-corrected chi connectivity index (χ1v) is 18.3. The fourth-order valence-electron chi connectivity index (χ4n) is 5.05. The van der Waals surface area contributed by atoms with Gasteiger partial charge in [0.1, 0.15) is 18.3 Å². The molecule has 0 radical (unpaired) electrons. The molecule has 1 aromatic rings. The van der Waals surface area contributed by atoms with Crippen molar-refractivity contribution in [2.24, 2.45) is 23.2 Å². The predicted molar refractivity (Wildman–Crippen MR) is 169 cm³/mol. The van der Waals surface area contributed by atoms with Gasteiger partial charge >= 0.3 is 5.97 Å². The van der Waals surface area contributed by atoms with Gasteiger partial charge in [0.15, 0.2) is 8.32 Å². The van der Waals surface area contributed by atoms with Crippen molar-refractivity contribution in [3.8, 4) is 0 Å². The third kappa shape index (κ3) is 11.1. The molecule has 0 aromatic carbocycles. The zero-order chi connectivity index (χ0) is 31.8. The van der Waals surface area contributed by atoms with E-state index in [0.717, 1.165) is 23.5 Å². The number of hydrogen-bond acceptors (Lipinski definition) is 7. The standard InChI is InChI=1S/C33H62O7Si/c1-16-27(20-37-31(34)32(7,8)9)24(4)29(38-21-36-18-17-35-13)26(6)30(40-41(14,15)33(10,11)12)25(5)28-22(2)19-23(3)39-28/h19,24-27,29-30H,16-18,20-21H2,1-15H3/t24-,25+,26-,27+,29+,30-/m1/s1. The van der Waals surface area contributed by atoms with Crippen LogP contribution in [-0.2, 0) is 28.2 Å². The van der Waals surface area contributed by atoms with Gasteiger partial charge in [0.25, 0.3) is 0 Å². The summed E-state index contributed by atoms with van der Waals surface area (Å²) in [5, 5.41) is 0.0388. The summed E-state index contributed by atoms with van der Waals surface area (Å²) < 4.78 is 36.8. The highest BCUT2D eigenvalue weighted by Gasteiger charge is 2.45. The van der Waals surface area contributed by atoms with E-state index in [1.54, 1.807) is 7.11 Å². The zero-order valence-corrected chi connectivity index (χ0v) is 29.9. The van der Waals surface area contributed by atoms with Crippen LogP contribution in [0.1, 0.15) is 98.7 Å². The molecule has 1 rings (SSSR count). The molecule has 0 amide bonds. The first-order chi connectivity index (χ1) is 18.8. The minimum absolute atomic E-state index is 0.00248. The molecule has 0 fully saturated rings. The van der Waals surface area contributed by atoms with Crippen LogP contribution < -0.4 is 0 Å². The average molecular weight is 599 g/mol. The molecule has 0 N–H and O–H groups in total. The van der Waals surface area contributed by atoms with Crippen molar-refractivity contribution in [1.82, 2.24) is 0 Å². The van der Waals surface area contributed by atoms with E-state index < -0.39 is 13.7 Å². The van der Waals surface area contributed by atoms with Crippen LogP contribution in [0.15, 0.2) is 10.5 Å².